The van der Waals surface area contributed by atoms with Gasteiger partial charge in [0.1, 0.15) is 0 Å². The second-order valence-electron chi connectivity index (χ2n) is 6.43. The molecule has 0 aromatic heterocycles. The molecule has 0 aromatic carbocycles. The third-order valence-electron chi connectivity index (χ3n) is 4.22. The molecule has 0 amide bonds. The summed E-state index contributed by atoms with van der Waals surface area (Å²) in [4.78, 5) is 11.3. The highest BCUT2D eigenvalue weighted by atomic mass is 16.4. The van der Waals surface area contributed by atoms with Crippen molar-refractivity contribution < 1.29 is 9.90 Å². The molecule has 0 saturated carbocycles. The molecule has 0 rings (SSSR count). The Hall–Kier alpha value is -0.530. The molecule has 2 atom stereocenters. The summed E-state index contributed by atoms with van der Waals surface area (Å²) >= 11 is 0. The molecule has 0 aliphatic heterocycles. The number of rotatable bonds is 14. The van der Waals surface area contributed by atoms with Crippen molar-refractivity contribution in [3.63, 3.8) is 0 Å². The predicted octanol–water partition coefficient (Wildman–Crippen LogP) is 6.04. The van der Waals surface area contributed by atoms with Crippen molar-refractivity contribution in [1.82, 2.24) is 0 Å². The van der Waals surface area contributed by atoms with Crippen LogP contribution in [0, 0.1) is 11.8 Å². The van der Waals surface area contributed by atoms with Gasteiger partial charge in [-0.15, -0.1) is 0 Å². The van der Waals surface area contributed by atoms with Crippen LogP contribution in [0.5, 0.6) is 0 Å². The topological polar surface area (TPSA) is 37.3 Å². The molecule has 0 bridgehead atoms. The maximum absolute atomic E-state index is 11.3. The number of carboxylic acid groups (broad SMARTS) is 1. The molecule has 0 saturated heterocycles. The van der Waals surface area contributed by atoms with Gasteiger partial charge in [-0.05, 0) is 18.8 Å². The van der Waals surface area contributed by atoms with Crippen LogP contribution in [0.25, 0.3) is 0 Å². The smallest absolute Gasteiger partial charge is 0.306 e. The minimum Gasteiger partial charge on any atom is -0.481 e. The number of carboxylic acids is 1. The molecule has 2 nitrogen and oxygen atoms in total. The second-order valence-corrected chi connectivity index (χ2v) is 6.43. The Kier molecular flexibility index (Phi) is 13.1. The number of unbranched alkanes of at least 4 members (excludes halogenated alkanes) is 7. The van der Waals surface area contributed by atoms with Crippen molar-refractivity contribution in [2.75, 3.05) is 0 Å². The molecule has 20 heavy (non-hydrogen) atoms. The maximum Gasteiger partial charge on any atom is 0.306 e. The Morgan fingerprint density at radius 2 is 1.40 bits per heavy atom. The average Bonchev–Trinajstić information content (AvgIpc) is 2.40. The van der Waals surface area contributed by atoms with Crippen molar-refractivity contribution in [3.05, 3.63) is 0 Å². The zero-order valence-corrected chi connectivity index (χ0v) is 14.0. The van der Waals surface area contributed by atoms with Crippen LogP contribution < -0.4 is 0 Å². The Labute approximate surface area is 126 Å². The summed E-state index contributed by atoms with van der Waals surface area (Å²) in [6.45, 7) is 6.60. The average molecular weight is 284 g/mol. The Bertz CT molecular complexity index is 225. The normalized spacial score (nSPS) is 14.2. The lowest BCUT2D eigenvalue weighted by Gasteiger charge is -2.17. The maximum atomic E-state index is 11.3. The fourth-order valence-corrected chi connectivity index (χ4v) is 2.96. The van der Waals surface area contributed by atoms with Gasteiger partial charge in [0.05, 0.1) is 5.92 Å². The Morgan fingerprint density at radius 3 is 1.90 bits per heavy atom. The van der Waals surface area contributed by atoms with Crippen molar-refractivity contribution in [3.8, 4) is 0 Å². The van der Waals surface area contributed by atoms with E-state index >= 15 is 0 Å². The van der Waals surface area contributed by atoms with Gasteiger partial charge in [-0.25, -0.2) is 0 Å². The number of aliphatic carboxylic acids is 1. The van der Waals surface area contributed by atoms with Crippen LogP contribution in [0.2, 0.25) is 0 Å². The third kappa shape index (κ3) is 11.3. The van der Waals surface area contributed by atoms with Gasteiger partial charge in [0.2, 0.25) is 0 Å². The van der Waals surface area contributed by atoms with Crippen molar-refractivity contribution in [1.29, 1.82) is 0 Å². The zero-order valence-electron chi connectivity index (χ0n) is 14.0. The molecule has 0 heterocycles. The molecule has 0 aliphatic rings. The lowest BCUT2D eigenvalue weighted by Crippen LogP contribution is -2.17. The van der Waals surface area contributed by atoms with Crippen molar-refractivity contribution >= 4 is 5.97 Å². The minimum atomic E-state index is -0.587. The van der Waals surface area contributed by atoms with E-state index in [-0.39, 0.29) is 5.92 Å². The van der Waals surface area contributed by atoms with Gasteiger partial charge in [-0.2, -0.15) is 0 Å². The van der Waals surface area contributed by atoms with E-state index in [1.807, 2.05) is 0 Å². The highest BCUT2D eigenvalue weighted by Gasteiger charge is 2.19. The van der Waals surface area contributed by atoms with E-state index in [9.17, 15) is 9.90 Å². The summed E-state index contributed by atoms with van der Waals surface area (Å²) in [5.41, 5.74) is 0. The Balaban J connectivity index is 3.63. The SMILES string of the molecule is CCCCCCCCCCC(CC(C)CCC)C(=O)O. The van der Waals surface area contributed by atoms with E-state index in [4.69, 9.17) is 0 Å². The molecule has 0 spiro atoms. The first-order chi connectivity index (χ1) is 9.61. The second kappa shape index (κ2) is 13.5. The minimum absolute atomic E-state index is 0.114. The predicted molar refractivity (Wildman–Crippen MR) is 87.0 cm³/mol. The summed E-state index contributed by atoms with van der Waals surface area (Å²) in [5, 5.41) is 9.29. The molecule has 120 valence electrons. The van der Waals surface area contributed by atoms with Crippen molar-refractivity contribution in [2.24, 2.45) is 11.8 Å². The van der Waals surface area contributed by atoms with E-state index in [1.165, 1.54) is 44.9 Å². The number of hydrogen-bond acceptors (Lipinski definition) is 1. The van der Waals surface area contributed by atoms with Crippen LogP contribution in [0.4, 0.5) is 0 Å². The molecule has 2 unspecified atom stereocenters. The monoisotopic (exact) mass is 284 g/mol. The molecular weight excluding hydrogens is 248 g/mol. The third-order valence-corrected chi connectivity index (χ3v) is 4.22. The van der Waals surface area contributed by atoms with Crippen LogP contribution in [0.15, 0.2) is 0 Å². The molecule has 0 aliphatic carbocycles. The lowest BCUT2D eigenvalue weighted by atomic mass is 9.89. The summed E-state index contributed by atoms with van der Waals surface area (Å²) in [5.74, 6) is -0.150. The molecule has 1 N–H and O–H groups in total. The first-order valence-electron chi connectivity index (χ1n) is 8.84. The molecule has 0 fully saturated rings. The van der Waals surface area contributed by atoms with Gasteiger partial charge in [0.15, 0.2) is 0 Å². The molecule has 0 aromatic rings. The first-order valence-corrected chi connectivity index (χ1v) is 8.84. The summed E-state index contributed by atoms with van der Waals surface area (Å²) in [6, 6.07) is 0. The van der Waals surface area contributed by atoms with Gasteiger partial charge in [-0.3, -0.25) is 4.79 Å². The van der Waals surface area contributed by atoms with Crippen molar-refractivity contribution in [2.45, 2.75) is 97.8 Å². The fraction of sp³-hybridized carbons (Fsp3) is 0.944. The van der Waals surface area contributed by atoms with Gasteiger partial charge in [-0.1, -0.05) is 85.0 Å². The highest BCUT2D eigenvalue weighted by molar-refractivity contribution is 5.69. The summed E-state index contributed by atoms with van der Waals surface area (Å²) in [6.07, 6.45) is 14.3. The van der Waals surface area contributed by atoms with E-state index in [0.29, 0.717) is 5.92 Å². The van der Waals surface area contributed by atoms with Crippen LogP contribution in [-0.4, -0.2) is 11.1 Å². The highest BCUT2D eigenvalue weighted by Crippen LogP contribution is 2.22. The molecular formula is C18H36O2. The fourth-order valence-electron chi connectivity index (χ4n) is 2.96. The largest absolute Gasteiger partial charge is 0.481 e. The van der Waals surface area contributed by atoms with Gasteiger partial charge >= 0.3 is 5.97 Å². The van der Waals surface area contributed by atoms with E-state index in [1.54, 1.807) is 0 Å². The molecule has 2 heteroatoms. The van der Waals surface area contributed by atoms with Gasteiger partial charge < -0.3 is 5.11 Å². The first kappa shape index (κ1) is 19.5. The van der Waals surface area contributed by atoms with Crippen LogP contribution >= 0.6 is 0 Å². The summed E-state index contributed by atoms with van der Waals surface area (Å²) < 4.78 is 0. The lowest BCUT2D eigenvalue weighted by molar-refractivity contribution is -0.142. The van der Waals surface area contributed by atoms with Gasteiger partial charge in [0.25, 0.3) is 0 Å². The molecule has 0 radical (unpaired) electrons. The quantitative estimate of drug-likeness (QED) is 0.394. The van der Waals surface area contributed by atoms with Gasteiger partial charge in [0, 0.05) is 0 Å². The van der Waals surface area contributed by atoms with E-state index in [0.717, 1.165) is 32.1 Å². The number of carbonyl (C=O) groups is 1. The summed E-state index contributed by atoms with van der Waals surface area (Å²) in [7, 11) is 0. The van der Waals surface area contributed by atoms with Crippen LogP contribution in [-0.2, 0) is 4.79 Å². The number of hydrogen-bond donors (Lipinski definition) is 1. The van der Waals surface area contributed by atoms with E-state index in [2.05, 4.69) is 20.8 Å². The zero-order chi connectivity index (χ0) is 15.2. The standard InChI is InChI=1S/C18H36O2/c1-4-6-7-8-9-10-11-12-14-17(18(19)20)15-16(3)13-5-2/h16-17H,4-15H2,1-3H3,(H,19,20). The van der Waals surface area contributed by atoms with Crippen LogP contribution in [0.3, 0.4) is 0 Å². The van der Waals surface area contributed by atoms with E-state index < -0.39 is 5.97 Å². The van der Waals surface area contributed by atoms with Crippen LogP contribution in [0.1, 0.15) is 97.8 Å². The Morgan fingerprint density at radius 1 is 0.850 bits per heavy atom.